The Morgan fingerprint density at radius 1 is 1.50 bits per heavy atom. The van der Waals surface area contributed by atoms with Gasteiger partial charge in [-0.25, -0.2) is 4.98 Å². The second-order valence-electron chi connectivity index (χ2n) is 4.32. The first kappa shape index (κ1) is 13.5. The molecule has 18 heavy (non-hydrogen) atoms. The van der Waals surface area contributed by atoms with Crippen LogP contribution in [0.1, 0.15) is 11.3 Å². The Labute approximate surface area is 108 Å². The van der Waals surface area contributed by atoms with E-state index in [1.807, 2.05) is 0 Å². The van der Waals surface area contributed by atoms with Gasteiger partial charge in [0.25, 0.3) is 5.56 Å². The fourth-order valence-electron chi connectivity index (χ4n) is 1.66. The molecule has 3 unspecified atom stereocenters. The summed E-state index contributed by atoms with van der Waals surface area (Å²) in [7, 11) is 0. The number of thioether (sulfide) groups is 1. The van der Waals surface area contributed by atoms with E-state index >= 15 is 0 Å². The van der Waals surface area contributed by atoms with E-state index in [-0.39, 0.29) is 12.2 Å². The Hall–Kier alpha value is -0.890. The lowest BCUT2D eigenvalue weighted by Crippen LogP contribution is -2.31. The molecule has 0 amide bonds. The van der Waals surface area contributed by atoms with Crippen molar-refractivity contribution in [1.29, 1.82) is 0 Å². The highest BCUT2D eigenvalue weighted by Gasteiger charge is 2.34. The van der Waals surface area contributed by atoms with Crippen LogP contribution in [0.15, 0.2) is 9.95 Å². The molecule has 1 aliphatic heterocycles. The molecule has 100 valence electrons. The lowest BCUT2D eigenvalue weighted by molar-refractivity contribution is 0.0337. The molecule has 2 rings (SSSR count). The first-order valence-electron chi connectivity index (χ1n) is 5.67. The van der Waals surface area contributed by atoms with E-state index in [0.29, 0.717) is 22.2 Å². The number of aromatic nitrogens is 2. The Morgan fingerprint density at radius 2 is 2.22 bits per heavy atom. The number of hydrogen-bond donors (Lipinski definition) is 3. The Morgan fingerprint density at radius 3 is 2.78 bits per heavy atom. The van der Waals surface area contributed by atoms with Crippen LogP contribution in [0, 0.1) is 13.8 Å². The van der Waals surface area contributed by atoms with Gasteiger partial charge in [-0.2, -0.15) is 0 Å². The molecule has 0 radical (unpaired) electrons. The van der Waals surface area contributed by atoms with Crippen LogP contribution in [0.2, 0.25) is 0 Å². The zero-order chi connectivity index (χ0) is 13.3. The van der Waals surface area contributed by atoms with Crippen LogP contribution in [0.5, 0.6) is 0 Å². The largest absolute Gasteiger partial charge is 0.388 e. The summed E-state index contributed by atoms with van der Waals surface area (Å²) in [6.45, 7) is 3.64. The van der Waals surface area contributed by atoms with Gasteiger partial charge in [-0.05, 0) is 13.8 Å². The maximum absolute atomic E-state index is 11.5. The van der Waals surface area contributed by atoms with E-state index in [0.717, 1.165) is 0 Å². The zero-order valence-corrected chi connectivity index (χ0v) is 11.0. The Bertz CT molecular complexity index is 490. The predicted octanol–water partition coefficient (Wildman–Crippen LogP) is -0.401. The molecule has 1 aromatic heterocycles. The molecule has 0 aliphatic carbocycles. The molecule has 1 fully saturated rings. The van der Waals surface area contributed by atoms with Crippen molar-refractivity contribution in [3.63, 3.8) is 0 Å². The number of aryl methyl sites for hydroxylation is 1. The molecule has 1 aromatic rings. The number of H-pyrrole nitrogens is 1. The van der Waals surface area contributed by atoms with Gasteiger partial charge in [-0.1, -0.05) is 11.8 Å². The molecule has 6 nitrogen and oxygen atoms in total. The first-order valence-corrected chi connectivity index (χ1v) is 6.65. The number of rotatable bonds is 3. The number of aliphatic hydroxyl groups is 2. The highest BCUT2D eigenvalue weighted by Crippen LogP contribution is 2.21. The molecular formula is C11H16N2O4S. The van der Waals surface area contributed by atoms with Gasteiger partial charge in [0.05, 0.1) is 12.7 Å². The third-order valence-corrected chi connectivity index (χ3v) is 3.98. The summed E-state index contributed by atoms with van der Waals surface area (Å²) in [5.74, 6) is 0.434. The molecule has 7 heteroatoms. The van der Waals surface area contributed by atoms with Crippen LogP contribution in [0.4, 0.5) is 0 Å². The summed E-state index contributed by atoms with van der Waals surface area (Å²) in [6.07, 6.45) is -2.14. The number of hydrogen-bond acceptors (Lipinski definition) is 6. The summed E-state index contributed by atoms with van der Waals surface area (Å²) in [5, 5.41) is 19.4. The Balaban J connectivity index is 2.01. The number of nitrogens with zero attached hydrogens (tertiary/aromatic N) is 1. The number of aliphatic hydroxyl groups excluding tert-OH is 2. The quantitative estimate of drug-likeness (QED) is 0.512. The van der Waals surface area contributed by atoms with Gasteiger partial charge >= 0.3 is 0 Å². The van der Waals surface area contributed by atoms with Crippen molar-refractivity contribution >= 4 is 11.8 Å². The number of aromatic amines is 1. The van der Waals surface area contributed by atoms with E-state index in [2.05, 4.69) is 9.97 Å². The van der Waals surface area contributed by atoms with Crippen LogP contribution in [0.25, 0.3) is 0 Å². The van der Waals surface area contributed by atoms with Crippen molar-refractivity contribution in [2.24, 2.45) is 0 Å². The fourth-order valence-corrected chi connectivity index (χ4v) is 2.64. The van der Waals surface area contributed by atoms with Crippen LogP contribution in [-0.2, 0) is 4.74 Å². The second-order valence-corrected chi connectivity index (χ2v) is 5.33. The minimum Gasteiger partial charge on any atom is -0.388 e. The van der Waals surface area contributed by atoms with Gasteiger partial charge in [0.2, 0.25) is 0 Å². The van der Waals surface area contributed by atoms with Crippen molar-refractivity contribution < 1.29 is 14.9 Å². The summed E-state index contributed by atoms with van der Waals surface area (Å²) in [5.41, 5.74) is 1.14. The van der Waals surface area contributed by atoms with Gasteiger partial charge in [-0.3, -0.25) is 4.79 Å². The highest BCUT2D eigenvalue weighted by molar-refractivity contribution is 7.99. The van der Waals surface area contributed by atoms with Crippen LogP contribution in [0.3, 0.4) is 0 Å². The smallest absolute Gasteiger partial charge is 0.254 e. The zero-order valence-electron chi connectivity index (χ0n) is 10.2. The van der Waals surface area contributed by atoms with E-state index < -0.39 is 18.3 Å². The summed E-state index contributed by atoms with van der Waals surface area (Å²) >= 11 is 1.30. The van der Waals surface area contributed by atoms with Crippen LogP contribution < -0.4 is 5.56 Å². The second kappa shape index (κ2) is 5.40. The standard InChI is InChI=1S/C11H16N2O4S/c1-5-6(2)12-11(13-10(5)16)18-4-8-9(15)7(14)3-17-8/h7-9,14-15H,3-4H2,1-2H3,(H,12,13,16). The third-order valence-electron chi connectivity index (χ3n) is 3.01. The molecular weight excluding hydrogens is 256 g/mol. The SMILES string of the molecule is Cc1nc(SCC2OCC(O)C2O)[nH]c(=O)c1C. The van der Waals surface area contributed by atoms with E-state index in [1.165, 1.54) is 11.8 Å². The van der Waals surface area contributed by atoms with Crippen molar-refractivity contribution in [2.75, 3.05) is 12.4 Å². The first-order chi connectivity index (χ1) is 8.49. The van der Waals surface area contributed by atoms with Crippen molar-refractivity contribution in [1.82, 2.24) is 9.97 Å². The molecule has 0 bridgehead atoms. The summed E-state index contributed by atoms with van der Waals surface area (Å²) < 4.78 is 5.24. The molecule has 0 aromatic carbocycles. The maximum Gasteiger partial charge on any atom is 0.254 e. The van der Waals surface area contributed by atoms with E-state index in [1.54, 1.807) is 13.8 Å². The van der Waals surface area contributed by atoms with Crippen LogP contribution >= 0.6 is 11.8 Å². The molecule has 0 saturated carbocycles. The predicted molar refractivity (Wildman–Crippen MR) is 66.8 cm³/mol. The number of nitrogens with one attached hydrogen (secondary N) is 1. The minimum absolute atomic E-state index is 0.142. The van der Waals surface area contributed by atoms with Crippen molar-refractivity contribution in [3.05, 3.63) is 21.6 Å². The number of ether oxygens (including phenoxy) is 1. The normalized spacial score (nSPS) is 27.7. The third kappa shape index (κ3) is 2.74. The summed E-state index contributed by atoms with van der Waals surface area (Å²) in [6, 6.07) is 0. The van der Waals surface area contributed by atoms with E-state index in [4.69, 9.17) is 4.74 Å². The fraction of sp³-hybridized carbons (Fsp3) is 0.636. The maximum atomic E-state index is 11.5. The molecule has 1 saturated heterocycles. The average molecular weight is 272 g/mol. The van der Waals surface area contributed by atoms with Gasteiger partial charge in [0.15, 0.2) is 5.16 Å². The van der Waals surface area contributed by atoms with Gasteiger partial charge < -0.3 is 19.9 Å². The van der Waals surface area contributed by atoms with Crippen molar-refractivity contribution in [3.8, 4) is 0 Å². The van der Waals surface area contributed by atoms with E-state index in [9.17, 15) is 15.0 Å². The minimum atomic E-state index is -0.879. The van der Waals surface area contributed by atoms with Crippen molar-refractivity contribution in [2.45, 2.75) is 37.3 Å². The molecule has 0 spiro atoms. The van der Waals surface area contributed by atoms with Gasteiger partial charge in [0.1, 0.15) is 12.2 Å². The topological polar surface area (TPSA) is 95.4 Å². The van der Waals surface area contributed by atoms with Crippen LogP contribution in [-0.4, -0.2) is 50.9 Å². The lowest BCUT2D eigenvalue weighted by atomic mass is 10.2. The highest BCUT2D eigenvalue weighted by atomic mass is 32.2. The van der Waals surface area contributed by atoms with Gasteiger partial charge in [-0.15, -0.1) is 0 Å². The molecule has 1 aliphatic rings. The summed E-state index contributed by atoms with van der Waals surface area (Å²) in [4.78, 5) is 18.5. The monoisotopic (exact) mass is 272 g/mol. The van der Waals surface area contributed by atoms with Gasteiger partial charge in [0, 0.05) is 17.0 Å². The molecule has 3 atom stereocenters. The lowest BCUT2D eigenvalue weighted by Gasteiger charge is -2.13. The molecule has 2 heterocycles. The molecule has 3 N–H and O–H groups in total. The average Bonchev–Trinajstić information content (AvgIpc) is 2.64. The Kier molecular flexibility index (Phi) is 4.06.